The second kappa shape index (κ2) is 9.90. The third-order valence-electron chi connectivity index (χ3n) is 4.71. The molecule has 0 saturated carbocycles. The standard InChI is InChI=1S/C22H25NO5/c24-21(12-11-17-7-4-5-10-20(17)22(25)26)23-15-19(16-23)28-14-6-13-27-18-8-2-1-3-9-18/h1-5,7-10,19H,6,11-16H2,(H,25,26). The topological polar surface area (TPSA) is 76.1 Å². The Balaban J connectivity index is 1.29. The number of carboxylic acids is 1. The predicted molar refractivity (Wildman–Crippen MR) is 105 cm³/mol. The highest BCUT2D eigenvalue weighted by molar-refractivity contribution is 5.89. The number of para-hydroxylation sites is 1. The maximum atomic E-state index is 12.3. The molecule has 1 heterocycles. The SMILES string of the molecule is O=C(O)c1ccccc1CCC(=O)N1CC(OCCCOc2ccccc2)C1. The van der Waals surface area contributed by atoms with Gasteiger partial charge in [0.05, 0.1) is 24.9 Å². The summed E-state index contributed by atoms with van der Waals surface area (Å²) in [7, 11) is 0. The van der Waals surface area contributed by atoms with E-state index in [0.717, 1.165) is 12.2 Å². The largest absolute Gasteiger partial charge is 0.494 e. The fourth-order valence-corrected chi connectivity index (χ4v) is 3.11. The third kappa shape index (κ3) is 5.57. The van der Waals surface area contributed by atoms with Crippen LogP contribution in [0.4, 0.5) is 0 Å². The predicted octanol–water partition coefficient (Wildman–Crippen LogP) is 3.01. The molecule has 148 valence electrons. The van der Waals surface area contributed by atoms with Crippen molar-refractivity contribution in [2.75, 3.05) is 26.3 Å². The molecule has 1 saturated heterocycles. The second-order valence-corrected chi connectivity index (χ2v) is 6.77. The van der Waals surface area contributed by atoms with Crippen LogP contribution in [0.15, 0.2) is 54.6 Å². The fraction of sp³-hybridized carbons (Fsp3) is 0.364. The van der Waals surface area contributed by atoms with Crippen molar-refractivity contribution in [3.63, 3.8) is 0 Å². The van der Waals surface area contributed by atoms with Crippen LogP contribution in [-0.2, 0) is 16.0 Å². The van der Waals surface area contributed by atoms with E-state index in [1.807, 2.05) is 30.3 Å². The molecule has 0 unspecified atom stereocenters. The van der Waals surface area contributed by atoms with Gasteiger partial charge in [-0.3, -0.25) is 4.79 Å². The lowest BCUT2D eigenvalue weighted by Gasteiger charge is -2.39. The molecule has 0 atom stereocenters. The quantitative estimate of drug-likeness (QED) is 0.638. The van der Waals surface area contributed by atoms with Crippen molar-refractivity contribution in [1.29, 1.82) is 0 Å². The Morgan fingerprint density at radius 2 is 1.71 bits per heavy atom. The van der Waals surface area contributed by atoms with Gasteiger partial charge in [-0.2, -0.15) is 0 Å². The molecule has 3 rings (SSSR count). The number of aryl methyl sites for hydroxylation is 1. The van der Waals surface area contributed by atoms with Gasteiger partial charge in [0.2, 0.25) is 5.91 Å². The Kier molecular flexibility index (Phi) is 7.03. The van der Waals surface area contributed by atoms with Crippen molar-refractivity contribution in [2.24, 2.45) is 0 Å². The molecular formula is C22H25NO5. The smallest absolute Gasteiger partial charge is 0.335 e. The van der Waals surface area contributed by atoms with Crippen LogP contribution in [0.25, 0.3) is 0 Å². The highest BCUT2D eigenvalue weighted by atomic mass is 16.5. The van der Waals surface area contributed by atoms with Gasteiger partial charge in [-0.15, -0.1) is 0 Å². The molecular weight excluding hydrogens is 358 g/mol. The minimum absolute atomic E-state index is 0.0347. The van der Waals surface area contributed by atoms with Gasteiger partial charge in [0.25, 0.3) is 0 Å². The molecule has 1 aliphatic rings. The van der Waals surface area contributed by atoms with E-state index in [-0.39, 0.29) is 17.6 Å². The number of benzene rings is 2. The van der Waals surface area contributed by atoms with Crippen LogP contribution in [0.3, 0.4) is 0 Å². The van der Waals surface area contributed by atoms with E-state index in [1.54, 1.807) is 29.2 Å². The van der Waals surface area contributed by atoms with Gasteiger partial charge in [-0.05, 0) is 30.2 Å². The molecule has 1 amide bonds. The first kappa shape index (κ1) is 19.9. The van der Waals surface area contributed by atoms with Gasteiger partial charge in [0.1, 0.15) is 5.75 Å². The van der Waals surface area contributed by atoms with Crippen LogP contribution in [0.1, 0.15) is 28.8 Å². The number of hydrogen-bond donors (Lipinski definition) is 1. The Labute approximate surface area is 164 Å². The Bertz CT molecular complexity index is 787. The molecule has 2 aromatic rings. The van der Waals surface area contributed by atoms with Crippen LogP contribution < -0.4 is 4.74 Å². The zero-order valence-corrected chi connectivity index (χ0v) is 15.8. The number of hydrogen-bond acceptors (Lipinski definition) is 4. The molecule has 1 fully saturated rings. The fourth-order valence-electron chi connectivity index (χ4n) is 3.11. The van der Waals surface area contributed by atoms with Gasteiger partial charge in [0.15, 0.2) is 0 Å². The van der Waals surface area contributed by atoms with Crippen LogP contribution in [-0.4, -0.2) is 54.3 Å². The van der Waals surface area contributed by atoms with Crippen molar-refractivity contribution >= 4 is 11.9 Å². The zero-order chi connectivity index (χ0) is 19.8. The summed E-state index contributed by atoms with van der Waals surface area (Å²) in [5.41, 5.74) is 0.952. The summed E-state index contributed by atoms with van der Waals surface area (Å²) in [6, 6.07) is 16.5. The van der Waals surface area contributed by atoms with Crippen LogP contribution in [0.5, 0.6) is 5.75 Å². The van der Waals surface area contributed by atoms with Gasteiger partial charge in [-0.25, -0.2) is 4.79 Å². The minimum Gasteiger partial charge on any atom is -0.494 e. The Morgan fingerprint density at radius 1 is 1.00 bits per heavy atom. The molecule has 2 aromatic carbocycles. The molecule has 0 radical (unpaired) electrons. The molecule has 1 N–H and O–H groups in total. The van der Waals surface area contributed by atoms with E-state index in [0.29, 0.717) is 44.7 Å². The Hall–Kier alpha value is -2.86. The maximum absolute atomic E-state index is 12.3. The lowest BCUT2D eigenvalue weighted by atomic mass is 10.0. The number of aromatic carboxylic acids is 1. The van der Waals surface area contributed by atoms with Crippen molar-refractivity contribution < 1.29 is 24.2 Å². The lowest BCUT2D eigenvalue weighted by Crippen LogP contribution is -2.54. The first-order valence-corrected chi connectivity index (χ1v) is 9.52. The summed E-state index contributed by atoms with van der Waals surface area (Å²) in [5.74, 6) is -0.0726. The summed E-state index contributed by atoms with van der Waals surface area (Å²) < 4.78 is 11.4. The monoisotopic (exact) mass is 383 g/mol. The van der Waals surface area contributed by atoms with Gasteiger partial charge < -0.3 is 19.5 Å². The number of carbonyl (C=O) groups excluding carboxylic acids is 1. The van der Waals surface area contributed by atoms with E-state index >= 15 is 0 Å². The summed E-state index contributed by atoms with van der Waals surface area (Å²) in [4.78, 5) is 25.2. The molecule has 6 nitrogen and oxygen atoms in total. The molecule has 1 aliphatic heterocycles. The molecule has 0 aliphatic carbocycles. The van der Waals surface area contributed by atoms with Crippen molar-refractivity contribution in [2.45, 2.75) is 25.4 Å². The number of rotatable bonds is 10. The average molecular weight is 383 g/mol. The van der Waals surface area contributed by atoms with Crippen LogP contribution in [0, 0.1) is 0 Å². The van der Waals surface area contributed by atoms with Gasteiger partial charge in [-0.1, -0.05) is 36.4 Å². The zero-order valence-electron chi connectivity index (χ0n) is 15.8. The molecule has 6 heteroatoms. The Morgan fingerprint density at radius 3 is 2.46 bits per heavy atom. The van der Waals surface area contributed by atoms with Crippen LogP contribution >= 0.6 is 0 Å². The normalized spacial score (nSPS) is 13.8. The number of nitrogens with zero attached hydrogens (tertiary/aromatic N) is 1. The highest BCUT2D eigenvalue weighted by Gasteiger charge is 2.30. The third-order valence-corrected chi connectivity index (χ3v) is 4.71. The molecule has 28 heavy (non-hydrogen) atoms. The first-order chi connectivity index (χ1) is 13.6. The lowest BCUT2D eigenvalue weighted by molar-refractivity contribution is -0.145. The number of likely N-dealkylation sites (tertiary alicyclic amines) is 1. The molecule has 0 spiro atoms. The number of amides is 1. The average Bonchev–Trinajstić information content (AvgIpc) is 2.68. The number of carboxylic acid groups (broad SMARTS) is 1. The molecule has 0 aromatic heterocycles. The van der Waals surface area contributed by atoms with Crippen LogP contribution in [0.2, 0.25) is 0 Å². The van der Waals surface area contributed by atoms with E-state index in [2.05, 4.69) is 0 Å². The number of ether oxygens (including phenoxy) is 2. The summed E-state index contributed by atoms with van der Waals surface area (Å²) in [6.45, 7) is 2.39. The summed E-state index contributed by atoms with van der Waals surface area (Å²) >= 11 is 0. The first-order valence-electron chi connectivity index (χ1n) is 9.52. The molecule has 0 bridgehead atoms. The maximum Gasteiger partial charge on any atom is 0.335 e. The minimum atomic E-state index is -0.961. The number of carbonyl (C=O) groups is 2. The summed E-state index contributed by atoms with van der Waals surface area (Å²) in [5, 5.41) is 9.20. The highest BCUT2D eigenvalue weighted by Crippen LogP contribution is 2.17. The van der Waals surface area contributed by atoms with E-state index in [1.165, 1.54) is 0 Å². The second-order valence-electron chi connectivity index (χ2n) is 6.77. The van der Waals surface area contributed by atoms with E-state index in [9.17, 15) is 14.7 Å². The van der Waals surface area contributed by atoms with Gasteiger partial charge >= 0.3 is 5.97 Å². The van der Waals surface area contributed by atoms with Gasteiger partial charge in [0, 0.05) is 25.9 Å². The van der Waals surface area contributed by atoms with Crippen molar-refractivity contribution in [3.05, 3.63) is 65.7 Å². The summed E-state index contributed by atoms with van der Waals surface area (Å²) in [6.07, 6.45) is 1.61. The van der Waals surface area contributed by atoms with Crippen molar-refractivity contribution in [3.8, 4) is 5.75 Å². The van der Waals surface area contributed by atoms with Crippen molar-refractivity contribution in [1.82, 2.24) is 4.90 Å². The van der Waals surface area contributed by atoms with E-state index < -0.39 is 5.97 Å². The van der Waals surface area contributed by atoms with E-state index in [4.69, 9.17) is 9.47 Å².